The molecule has 5 heteroatoms. The maximum Gasteiger partial charge on any atom is 0.222 e. The summed E-state index contributed by atoms with van der Waals surface area (Å²) in [6, 6.07) is 8.65. The molecule has 4 heterocycles. The van der Waals surface area contributed by atoms with Crippen LogP contribution in [-0.4, -0.2) is 46.4 Å². The molecular formula is C20H25N3OS. The van der Waals surface area contributed by atoms with Crippen molar-refractivity contribution in [1.82, 2.24) is 14.8 Å². The predicted octanol–water partition coefficient (Wildman–Crippen LogP) is 3.20. The quantitative estimate of drug-likeness (QED) is 0.826. The van der Waals surface area contributed by atoms with Crippen molar-refractivity contribution in [2.24, 2.45) is 5.92 Å². The van der Waals surface area contributed by atoms with Crippen LogP contribution in [0.5, 0.6) is 0 Å². The molecule has 4 nitrogen and oxygen atoms in total. The Labute approximate surface area is 153 Å². The van der Waals surface area contributed by atoms with Gasteiger partial charge in [-0.3, -0.25) is 14.7 Å². The molecule has 4 rings (SSSR count). The molecule has 0 radical (unpaired) electrons. The average Bonchev–Trinajstić information content (AvgIpc) is 3.15. The number of amides is 1. The van der Waals surface area contributed by atoms with Gasteiger partial charge >= 0.3 is 0 Å². The summed E-state index contributed by atoms with van der Waals surface area (Å²) >= 11 is 1.77. The van der Waals surface area contributed by atoms with Crippen molar-refractivity contribution in [3.63, 3.8) is 0 Å². The van der Waals surface area contributed by atoms with Crippen LogP contribution in [0.3, 0.4) is 0 Å². The predicted molar refractivity (Wildman–Crippen MR) is 100 cm³/mol. The second kappa shape index (κ2) is 7.67. The van der Waals surface area contributed by atoms with E-state index in [1.165, 1.54) is 5.56 Å². The molecule has 0 aromatic carbocycles. The SMILES string of the molecule is O=C1CC[C@H]2CN(Cc3ccsc3)CC[C@H]2N1CCc1ccccn1. The Bertz CT molecular complexity index is 688. The van der Waals surface area contributed by atoms with E-state index >= 15 is 0 Å². The molecule has 2 fully saturated rings. The van der Waals surface area contributed by atoms with Gasteiger partial charge in [-0.15, -0.1) is 0 Å². The number of aromatic nitrogens is 1. The van der Waals surface area contributed by atoms with Crippen LogP contribution in [-0.2, 0) is 17.8 Å². The number of carbonyl (C=O) groups is 1. The molecule has 2 aromatic rings. The molecule has 0 unspecified atom stereocenters. The molecule has 2 saturated heterocycles. The molecule has 132 valence electrons. The Balaban J connectivity index is 1.37. The summed E-state index contributed by atoms with van der Waals surface area (Å²) in [5.74, 6) is 0.956. The Morgan fingerprint density at radius 1 is 1.24 bits per heavy atom. The van der Waals surface area contributed by atoms with E-state index in [1.54, 1.807) is 11.3 Å². The first-order chi connectivity index (χ1) is 12.3. The lowest BCUT2D eigenvalue weighted by Gasteiger charge is -2.47. The highest BCUT2D eigenvalue weighted by molar-refractivity contribution is 7.07. The van der Waals surface area contributed by atoms with Gasteiger partial charge in [-0.05, 0) is 53.3 Å². The molecule has 0 saturated carbocycles. The maximum absolute atomic E-state index is 12.5. The zero-order chi connectivity index (χ0) is 17.1. The summed E-state index contributed by atoms with van der Waals surface area (Å²) in [7, 11) is 0. The normalized spacial score (nSPS) is 24.3. The van der Waals surface area contributed by atoms with Crippen LogP contribution in [0.15, 0.2) is 41.2 Å². The minimum Gasteiger partial charge on any atom is -0.339 e. The van der Waals surface area contributed by atoms with Gasteiger partial charge in [0, 0.05) is 57.0 Å². The lowest BCUT2D eigenvalue weighted by atomic mass is 9.83. The number of rotatable bonds is 5. The fraction of sp³-hybridized carbons (Fsp3) is 0.500. The molecule has 0 bridgehead atoms. The minimum absolute atomic E-state index is 0.337. The Morgan fingerprint density at radius 3 is 3.00 bits per heavy atom. The van der Waals surface area contributed by atoms with Crippen LogP contribution >= 0.6 is 11.3 Å². The molecule has 0 aliphatic carbocycles. The van der Waals surface area contributed by atoms with Gasteiger partial charge in [-0.1, -0.05) is 6.07 Å². The largest absolute Gasteiger partial charge is 0.339 e. The van der Waals surface area contributed by atoms with Gasteiger partial charge in [0.1, 0.15) is 0 Å². The van der Waals surface area contributed by atoms with Gasteiger partial charge in [0.2, 0.25) is 5.91 Å². The van der Waals surface area contributed by atoms with E-state index in [0.717, 1.165) is 51.1 Å². The Kier molecular flexibility index (Phi) is 5.13. The summed E-state index contributed by atoms with van der Waals surface area (Å²) in [5, 5.41) is 4.40. The van der Waals surface area contributed by atoms with Gasteiger partial charge in [0.15, 0.2) is 0 Å². The first-order valence-electron chi connectivity index (χ1n) is 9.22. The summed E-state index contributed by atoms with van der Waals surface area (Å²) in [6.45, 7) is 4.06. The van der Waals surface area contributed by atoms with E-state index in [9.17, 15) is 4.79 Å². The molecule has 1 amide bonds. The average molecular weight is 356 g/mol. The monoisotopic (exact) mass is 355 g/mol. The second-order valence-electron chi connectivity index (χ2n) is 7.18. The number of thiophene rings is 1. The van der Waals surface area contributed by atoms with E-state index in [0.29, 0.717) is 24.3 Å². The number of fused-ring (bicyclic) bond motifs is 1. The van der Waals surface area contributed by atoms with E-state index in [1.807, 2.05) is 18.3 Å². The Hall–Kier alpha value is -1.72. The first-order valence-corrected chi connectivity index (χ1v) is 10.2. The van der Waals surface area contributed by atoms with Crippen molar-refractivity contribution in [2.75, 3.05) is 19.6 Å². The summed E-state index contributed by atoms with van der Waals surface area (Å²) in [5.41, 5.74) is 2.50. The third-order valence-electron chi connectivity index (χ3n) is 5.55. The third kappa shape index (κ3) is 3.93. The van der Waals surface area contributed by atoms with Gasteiger partial charge in [-0.2, -0.15) is 11.3 Å². The highest BCUT2D eigenvalue weighted by Gasteiger charge is 2.38. The van der Waals surface area contributed by atoms with Crippen molar-refractivity contribution in [3.8, 4) is 0 Å². The van der Waals surface area contributed by atoms with Crippen molar-refractivity contribution < 1.29 is 4.79 Å². The van der Waals surface area contributed by atoms with Crippen molar-refractivity contribution in [1.29, 1.82) is 0 Å². The van der Waals surface area contributed by atoms with Gasteiger partial charge in [-0.25, -0.2) is 0 Å². The zero-order valence-electron chi connectivity index (χ0n) is 14.5. The number of likely N-dealkylation sites (tertiary alicyclic amines) is 2. The number of hydrogen-bond donors (Lipinski definition) is 0. The Morgan fingerprint density at radius 2 is 2.20 bits per heavy atom. The molecule has 2 aliphatic heterocycles. The lowest BCUT2D eigenvalue weighted by molar-refractivity contribution is -0.141. The fourth-order valence-electron chi connectivity index (χ4n) is 4.28. The minimum atomic E-state index is 0.337. The van der Waals surface area contributed by atoms with Crippen molar-refractivity contribution in [3.05, 3.63) is 52.5 Å². The van der Waals surface area contributed by atoms with Gasteiger partial charge in [0.05, 0.1) is 0 Å². The summed E-state index contributed by atoms with van der Waals surface area (Å²) < 4.78 is 0. The molecule has 2 aliphatic rings. The third-order valence-corrected chi connectivity index (χ3v) is 6.28. The number of hydrogen-bond acceptors (Lipinski definition) is 4. The summed E-state index contributed by atoms with van der Waals surface area (Å²) in [4.78, 5) is 21.6. The van der Waals surface area contributed by atoms with E-state index in [-0.39, 0.29) is 0 Å². The van der Waals surface area contributed by atoms with E-state index in [2.05, 4.69) is 37.7 Å². The van der Waals surface area contributed by atoms with Gasteiger partial charge < -0.3 is 4.90 Å². The first kappa shape index (κ1) is 16.7. The summed E-state index contributed by atoms with van der Waals surface area (Å²) in [6.07, 6.45) is 5.54. The highest BCUT2D eigenvalue weighted by Crippen LogP contribution is 2.32. The lowest BCUT2D eigenvalue weighted by Crippen LogP contribution is -2.56. The smallest absolute Gasteiger partial charge is 0.222 e. The number of pyridine rings is 1. The number of nitrogens with zero attached hydrogens (tertiary/aromatic N) is 3. The van der Waals surface area contributed by atoms with E-state index < -0.39 is 0 Å². The van der Waals surface area contributed by atoms with Crippen LogP contribution < -0.4 is 0 Å². The number of piperidine rings is 2. The van der Waals surface area contributed by atoms with E-state index in [4.69, 9.17) is 0 Å². The standard InChI is InChI=1S/C20H25N3OS/c24-20-5-4-17-14-22(13-16-8-12-25-15-16)10-7-19(17)23(20)11-6-18-3-1-2-9-21-18/h1-3,8-9,12,15,17,19H,4-7,10-11,13-14H2/t17-,19+/m0/s1. The van der Waals surface area contributed by atoms with Crippen LogP contribution in [0, 0.1) is 5.92 Å². The maximum atomic E-state index is 12.5. The van der Waals surface area contributed by atoms with Crippen molar-refractivity contribution >= 4 is 17.2 Å². The molecule has 25 heavy (non-hydrogen) atoms. The van der Waals surface area contributed by atoms with Crippen LogP contribution in [0.1, 0.15) is 30.5 Å². The molecule has 0 N–H and O–H groups in total. The van der Waals surface area contributed by atoms with Crippen LogP contribution in [0.2, 0.25) is 0 Å². The second-order valence-corrected chi connectivity index (χ2v) is 7.96. The molecular weight excluding hydrogens is 330 g/mol. The topological polar surface area (TPSA) is 36.4 Å². The fourth-order valence-corrected chi connectivity index (χ4v) is 4.94. The molecule has 2 atom stereocenters. The number of carbonyl (C=O) groups excluding carboxylic acids is 1. The van der Waals surface area contributed by atoms with Gasteiger partial charge in [0.25, 0.3) is 0 Å². The van der Waals surface area contributed by atoms with Crippen LogP contribution in [0.4, 0.5) is 0 Å². The highest BCUT2D eigenvalue weighted by atomic mass is 32.1. The van der Waals surface area contributed by atoms with Crippen molar-refractivity contribution in [2.45, 2.75) is 38.3 Å². The van der Waals surface area contributed by atoms with Crippen LogP contribution in [0.25, 0.3) is 0 Å². The zero-order valence-corrected chi connectivity index (χ0v) is 15.3. The molecule has 0 spiro atoms. The molecule has 2 aromatic heterocycles.